The molecule has 0 saturated heterocycles. The molecule has 1 aliphatic heterocycles. The molecule has 0 saturated carbocycles. The molecule has 2 aromatic carbocycles. The summed E-state index contributed by atoms with van der Waals surface area (Å²) in [6, 6.07) is 9.47. The van der Waals surface area contributed by atoms with Crippen molar-refractivity contribution >= 4 is 34.5 Å². The molecule has 0 aliphatic carbocycles. The van der Waals surface area contributed by atoms with Crippen LogP contribution >= 0.6 is 12.2 Å². The molecular formula is C20H16F4N2O2S. The largest absolute Gasteiger partial charge is 0.511 e. The predicted octanol–water partition coefficient (Wildman–Crippen LogP) is 5.22. The van der Waals surface area contributed by atoms with Crippen LogP contribution in [0, 0.1) is 5.82 Å². The van der Waals surface area contributed by atoms with Gasteiger partial charge in [-0.3, -0.25) is 4.79 Å². The zero-order valence-corrected chi connectivity index (χ0v) is 15.8. The number of aliphatic hydroxyl groups is 1. The Morgan fingerprint density at radius 1 is 1.07 bits per heavy atom. The second-order valence-corrected chi connectivity index (χ2v) is 6.80. The number of carbonyl (C=O) groups excluding carboxylic acids is 1. The molecule has 0 fully saturated rings. The molecule has 1 heterocycles. The maximum atomic E-state index is 13.1. The Kier molecular flexibility index (Phi) is 5.88. The van der Waals surface area contributed by atoms with Crippen molar-refractivity contribution in [3.8, 4) is 0 Å². The second kappa shape index (κ2) is 8.20. The van der Waals surface area contributed by atoms with Crippen molar-refractivity contribution in [3.05, 3.63) is 71.2 Å². The molecule has 0 unspecified atom stereocenters. The number of halogens is 4. The van der Waals surface area contributed by atoms with Crippen LogP contribution in [0.15, 0.2) is 59.9 Å². The number of alkyl halides is 3. The van der Waals surface area contributed by atoms with E-state index in [1.54, 1.807) is 0 Å². The zero-order chi connectivity index (χ0) is 21.2. The summed E-state index contributed by atoms with van der Waals surface area (Å²) in [7, 11) is 0. The summed E-state index contributed by atoms with van der Waals surface area (Å²) >= 11 is 5.26. The summed E-state index contributed by atoms with van der Waals surface area (Å²) in [5, 5.41) is 13.1. The summed E-state index contributed by atoms with van der Waals surface area (Å²) in [6.07, 6.45) is -3.89. The number of amides is 1. The minimum absolute atomic E-state index is 0.0575. The lowest BCUT2D eigenvalue weighted by Crippen LogP contribution is -2.35. The highest BCUT2D eigenvalue weighted by Crippen LogP contribution is 2.32. The van der Waals surface area contributed by atoms with Crippen LogP contribution in [0.5, 0.6) is 0 Å². The van der Waals surface area contributed by atoms with E-state index in [9.17, 15) is 27.5 Å². The molecule has 29 heavy (non-hydrogen) atoms. The quantitative estimate of drug-likeness (QED) is 0.524. The van der Waals surface area contributed by atoms with Crippen molar-refractivity contribution < 1.29 is 27.5 Å². The first-order valence-corrected chi connectivity index (χ1v) is 9.06. The van der Waals surface area contributed by atoms with E-state index in [0.29, 0.717) is 12.1 Å². The Hall–Kier alpha value is -2.94. The molecule has 0 atom stereocenters. The monoisotopic (exact) mass is 424 g/mol. The van der Waals surface area contributed by atoms with Gasteiger partial charge in [-0.25, -0.2) is 4.39 Å². The van der Waals surface area contributed by atoms with Crippen LogP contribution in [0.4, 0.5) is 28.9 Å². The first-order valence-electron chi connectivity index (χ1n) is 8.65. The molecule has 4 nitrogen and oxygen atoms in total. The van der Waals surface area contributed by atoms with Crippen LogP contribution in [0.3, 0.4) is 0 Å². The SMILES string of the molecule is O=C1C(C(=S)Nc2ccc(F)cc2)=C(O)CCCN1c1ccc(C(F)(F)F)cc1. The van der Waals surface area contributed by atoms with Crippen LogP contribution in [0.2, 0.25) is 0 Å². The van der Waals surface area contributed by atoms with Gasteiger partial charge in [-0.15, -0.1) is 0 Å². The van der Waals surface area contributed by atoms with Crippen molar-refractivity contribution in [1.82, 2.24) is 0 Å². The Morgan fingerprint density at radius 2 is 1.69 bits per heavy atom. The number of benzene rings is 2. The summed E-state index contributed by atoms with van der Waals surface area (Å²) in [6.45, 7) is 0.205. The third-order valence-electron chi connectivity index (χ3n) is 4.38. The molecule has 0 bridgehead atoms. The third kappa shape index (κ3) is 4.73. The minimum atomic E-state index is -4.48. The molecule has 2 N–H and O–H groups in total. The van der Waals surface area contributed by atoms with Crippen LogP contribution in [-0.2, 0) is 11.0 Å². The molecule has 9 heteroatoms. The zero-order valence-electron chi connectivity index (χ0n) is 15.0. The van der Waals surface area contributed by atoms with Gasteiger partial charge in [0.2, 0.25) is 0 Å². The maximum absolute atomic E-state index is 13.1. The summed E-state index contributed by atoms with van der Waals surface area (Å²) in [4.78, 5) is 14.2. The van der Waals surface area contributed by atoms with Gasteiger partial charge in [0.1, 0.15) is 22.1 Å². The summed E-state index contributed by atoms with van der Waals surface area (Å²) in [5.74, 6) is -1.27. The van der Waals surface area contributed by atoms with Gasteiger partial charge in [-0.05, 0) is 55.0 Å². The van der Waals surface area contributed by atoms with Crippen molar-refractivity contribution in [3.63, 3.8) is 0 Å². The molecule has 0 radical (unpaired) electrons. The summed E-state index contributed by atoms with van der Waals surface area (Å²) in [5.41, 5.74) is -0.271. The van der Waals surface area contributed by atoms with Crippen LogP contribution in [0.25, 0.3) is 0 Å². The van der Waals surface area contributed by atoms with E-state index in [2.05, 4.69) is 5.32 Å². The Bertz CT molecular complexity index is 954. The number of hydrogen-bond donors (Lipinski definition) is 2. The first-order chi connectivity index (χ1) is 13.7. The highest BCUT2D eigenvalue weighted by molar-refractivity contribution is 7.81. The van der Waals surface area contributed by atoms with Crippen molar-refractivity contribution in [2.75, 3.05) is 16.8 Å². The first kappa shape index (κ1) is 20.8. The molecule has 152 valence electrons. The predicted molar refractivity (Wildman–Crippen MR) is 105 cm³/mol. The number of thiocarbonyl (C=S) groups is 1. The smallest absolute Gasteiger partial charge is 0.416 e. The van der Waals surface area contributed by atoms with Crippen LogP contribution in [-0.4, -0.2) is 22.5 Å². The van der Waals surface area contributed by atoms with Gasteiger partial charge < -0.3 is 15.3 Å². The van der Waals surface area contributed by atoms with E-state index in [-0.39, 0.29) is 35.0 Å². The number of allylic oxidation sites excluding steroid dienone is 1. The number of hydrogen-bond acceptors (Lipinski definition) is 3. The number of anilines is 2. The van der Waals surface area contributed by atoms with Gasteiger partial charge in [0.05, 0.1) is 5.56 Å². The van der Waals surface area contributed by atoms with E-state index in [1.807, 2.05) is 0 Å². The van der Waals surface area contributed by atoms with Gasteiger partial charge in [-0.1, -0.05) is 12.2 Å². The molecule has 2 aromatic rings. The fourth-order valence-electron chi connectivity index (χ4n) is 2.92. The van der Waals surface area contributed by atoms with E-state index in [4.69, 9.17) is 12.2 Å². The summed E-state index contributed by atoms with van der Waals surface area (Å²) < 4.78 is 51.4. The van der Waals surface area contributed by atoms with Crippen LogP contribution < -0.4 is 10.2 Å². The fraction of sp³-hybridized carbons (Fsp3) is 0.200. The Balaban J connectivity index is 1.86. The number of nitrogens with one attached hydrogen (secondary N) is 1. The number of nitrogens with zero attached hydrogens (tertiary/aromatic N) is 1. The van der Waals surface area contributed by atoms with Crippen LogP contribution in [0.1, 0.15) is 18.4 Å². The van der Waals surface area contributed by atoms with Crippen molar-refractivity contribution in [1.29, 1.82) is 0 Å². The number of aliphatic hydroxyl groups excluding tert-OH is 1. The average molecular weight is 424 g/mol. The highest BCUT2D eigenvalue weighted by Gasteiger charge is 2.32. The average Bonchev–Trinajstić information content (AvgIpc) is 2.81. The lowest BCUT2D eigenvalue weighted by atomic mass is 10.1. The molecule has 3 rings (SSSR count). The van der Waals surface area contributed by atoms with E-state index >= 15 is 0 Å². The lowest BCUT2D eigenvalue weighted by molar-refractivity contribution is -0.137. The van der Waals surface area contributed by atoms with Gasteiger partial charge in [0.15, 0.2) is 0 Å². The van der Waals surface area contributed by atoms with Crippen molar-refractivity contribution in [2.45, 2.75) is 19.0 Å². The fourth-order valence-corrected chi connectivity index (χ4v) is 3.24. The molecule has 0 aromatic heterocycles. The maximum Gasteiger partial charge on any atom is 0.416 e. The van der Waals surface area contributed by atoms with Gasteiger partial charge >= 0.3 is 6.18 Å². The van der Waals surface area contributed by atoms with Gasteiger partial charge in [0, 0.05) is 24.3 Å². The molecular weight excluding hydrogens is 408 g/mol. The third-order valence-corrected chi connectivity index (χ3v) is 4.68. The van der Waals surface area contributed by atoms with Gasteiger partial charge in [-0.2, -0.15) is 13.2 Å². The highest BCUT2D eigenvalue weighted by atomic mass is 32.1. The van der Waals surface area contributed by atoms with Crippen molar-refractivity contribution in [2.24, 2.45) is 0 Å². The molecule has 1 amide bonds. The minimum Gasteiger partial charge on any atom is -0.511 e. The second-order valence-electron chi connectivity index (χ2n) is 6.39. The number of carbonyl (C=O) groups is 1. The van der Waals surface area contributed by atoms with E-state index in [1.165, 1.54) is 41.3 Å². The Morgan fingerprint density at radius 3 is 2.28 bits per heavy atom. The molecule has 0 spiro atoms. The van der Waals surface area contributed by atoms with Gasteiger partial charge in [0.25, 0.3) is 5.91 Å². The topological polar surface area (TPSA) is 52.6 Å². The lowest BCUT2D eigenvalue weighted by Gasteiger charge is -2.23. The van der Waals surface area contributed by atoms with E-state index in [0.717, 1.165) is 12.1 Å². The number of rotatable bonds is 3. The standard InChI is InChI=1S/C20H16F4N2O2S/c21-13-5-7-14(8-6-13)25-18(29)17-16(27)2-1-11-26(19(17)28)15-9-3-12(4-10-15)20(22,23)24/h3-10,27H,1-2,11H2,(H,25,29). The normalized spacial score (nSPS) is 15.3. The Labute approximate surface area is 169 Å². The van der Waals surface area contributed by atoms with E-state index < -0.39 is 23.5 Å². The molecule has 1 aliphatic rings.